The van der Waals surface area contributed by atoms with E-state index in [0.717, 1.165) is 11.4 Å². The van der Waals surface area contributed by atoms with Crippen molar-refractivity contribution in [3.05, 3.63) is 48.3 Å². The van der Waals surface area contributed by atoms with E-state index in [0.29, 0.717) is 33.9 Å². The smallest absolute Gasteiger partial charge is 0.410 e. The molecule has 4 rings (SSSR count). The van der Waals surface area contributed by atoms with Gasteiger partial charge in [-0.2, -0.15) is 0 Å². The summed E-state index contributed by atoms with van der Waals surface area (Å²) >= 11 is 0. The highest BCUT2D eigenvalue weighted by Crippen LogP contribution is 2.36. The zero-order valence-electron chi connectivity index (χ0n) is 15.1. The lowest BCUT2D eigenvalue weighted by Gasteiger charge is -2.07. The molecule has 140 valence electrons. The first kappa shape index (κ1) is 17.4. The Hall–Kier alpha value is -4.01. The monoisotopic (exact) mass is 376 g/mol. The number of H-pyrrole nitrogens is 1. The number of fused-ring (bicyclic) bond motifs is 1. The van der Waals surface area contributed by atoms with E-state index >= 15 is 0 Å². The number of nitrogens with one attached hydrogen (secondary N) is 1. The number of aromatic amines is 1. The zero-order chi connectivity index (χ0) is 19.7. The molecule has 4 aromatic heterocycles. The number of ether oxygens (including phenoxy) is 2. The molecule has 0 saturated heterocycles. The quantitative estimate of drug-likeness (QED) is 0.560. The summed E-state index contributed by atoms with van der Waals surface area (Å²) in [5, 5.41) is 7.20. The molecule has 4 aromatic rings. The maximum Gasteiger partial charge on any atom is 0.410 e. The second-order valence-corrected chi connectivity index (χ2v) is 5.97. The van der Waals surface area contributed by atoms with E-state index in [1.54, 1.807) is 6.07 Å². The minimum Gasteiger partial charge on any atom is -0.479 e. The number of amides is 1. The van der Waals surface area contributed by atoms with Gasteiger partial charge in [0.05, 0.1) is 47.0 Å². The summed E-state index contributed by atoms with van der Waals surface area (Å²) in [4.78, 5) is 24.4. The molecule has 0 unspecified atom stereocenters. The highest BCUT2D eigenvalue weighted by Gasteiger charge is 2.20. The summed E-state index contributed by atoms with van der Waals surface area (Å²) in [5.41, 5.74) is 9.79. The summed E-state index contributed by atoms with van der Waals surface area (Å²) in [6.07, 6.45) is 0.497. The van der Waals surface area contributed by atoms with Crippen LogP contribution in [0.5, 0.6) is 11.6 Å². The number of hydrogen-bond donors (Lipinski definition) is 2. The summed E-state index contributed by atoms with van der Waals surface area (Å²) in [6, 6.07) is 10.9. The van der Waals surface area contributed by atoms with Gasteiger partial charge in [-0.15, -0.1) is 5.10 Å². The normalized spacial score (nSPS) is 10.8. The number of hydrogen-bond acceptors (Lipinski definition) is 7. The lowest BCUT2D eigenvalue weighted by atomic mass is 10.1. The fraction of sp³-hybridized carbons (Fsp3) is 0.105. The maximum absolute atomic E-state index is 11.0. The van der Waals surface area contributed by atoms with Crippen molar-refractivity contribution in [3.63, 3.8) is 0 Å². The first-order chi connectivity index (χ1) is 13.5. The van der Waals surface area contributed by atoms with Crippen molar-refractivity contribution < 1.29 is 14.3 Å². The summed E-state index contributed by atoms with van der Waals surface area (Å²) in [6.45, 7) is 1.91. The molecule has 1 amide bonds. The van der Waals surface area contributed by atoms with Crippen LogP contribution < -0.4 is 15.2 Å². The number of carbonyl (C=O) groups excluding carboxylic acids is 1. The van der Waals surface area contributed by atoms with Crippen LogP contribution >= 0.6 is 0 Å². The Bertz CT molecular complexity index is 1190. The topological polar surface area (TPSA) is 129 Å². The van der Waals surface area contributed by atoms with Crippen LogP contribution in [0.2, 0.25) is 0 Å². The minimum atomic E-state index is -0.915. The van der Waals surface area contributed by atoms with E-state index in [1.807, 2.05) is 37.3 Å². The van der Waals surface area contributed by atoms with Crippen LogP contribution in [0.15, 0.2) is 42.6 Å². The van der Waals surface area contributed by atoms with Gasteiger partial charge in [0, 0.05) is 11.8 Å². The predicted molar refractivity (Wildman–Crippen MR) is 102 cm³/mol. The van der Waals surface area contributed by atoms with E-state index < -0.39 is 6.09 Å². The van der Waals surface area contributed by atoms with Crippen molar-refractivity contribution in [3.8, 4) is 34.3 Å². The molecular formula is C19H16N6O3. The van der Waals surface area contributed by atoms with Gasteiger partial charge in [0.15, 0.2) is 5.75 Å². The number of nitrogens with two attached hydrogens (primary N) is 1. The number of nitrogens with zero attached hydrogens (tertiary/aromatic N) is 4. The van der Waals surface area contributed by atoms with Gasteiger partial charge in [-0.1, -0.05) is 6.07 Å². The Labute approximate surface area is 159 Å². The fourth-order valence-corrected chi connectivity index (χ4v) is 2.88. The molecule has 0 spiro atoms. The predicted octanol–water partition coefficient (Wildman–Crippen LogP) is 2.86. The Morgan fingerprint density at radius 1 is 1.11 bits per heavy atom. The van der Waals surface area contributed by atoms with Crippen LogP contribution in [0.1, 0.15) is 5.69 Å². The molecule has 0 bridgehead atoms. The summed E-state index contributed by atoms with van der Waals surface area (Å²) in [7, 11) is 1.54. The molecule has 3 N–H and O–H groups in total. The molecule has 0 saturated carbocycles. The van der Waals surface area contributed by atoms with Crippen molar-refractivity contribution in [1.82, 2.24) is 25.1 Å². The molecule has 0 aliphatic rings. The second kappa shape index (κ2) is 6.95. The third-order valence-corrected chi connectivity index (χ3v) is 4.06. The van der Waals surface area contributed by atoms with Gasteiger partial charge in [0.2, 0.25) is 5.88 Å². The van der Waals surface area contributed by atoms with Crippen molar-refractivity contribution >= 4 is 17.1 Å². The highest BCUT2D eigenvalue weighted by molar-refractivity contribution is 5.86. The van der Waals surface area contributed by atoms with Gasteiger partial charge < -0.3 is 15.2 Å². The van der Waals surface area contributed by atoms with Gasteiger partial charge in [-0.05, 0) is 31.2 Å². The molecule has 0 fully saturated rings. The highest BCUT2D eigenvalue weighted by atomic mass is 16.5. The number of aromatic nitrogens is 5. The molecular weight excluding hydrogens is 360 g/mol. The third kappa shape index (κ3) is 3.20. The van der Waals surface area contributed by atoms with E-state index in [9.17, 15) is 4.79 Å². The van der Waals surface area contributed by atoms with Crippen molar-refractivity contribution in [2.45, 2.75) is 6.92 Å². The van der Waals surface area contributed by atoms with Crippen LogP contribution in [0, 0.1) is 6.92 Å². The number of rotatable bonds is 4. The molecule has 0 atom stereocenters. The van der Waals surface area contributed by atoms with Gasteiger partial charge >= 0.3 is 6.09 Å². The zero-order valence-corrected chi connectivity index (χ0v) is 15.1. The van der Waals surface area contributed by atoms with E-state index in [2.05, 4.69) is 25.1 Å². The Kier molecular flexibility index (Phi) is 4.32. The van der Waals surface area contributed by atoms with Crippen molar-refractivity contribution in [2.24, 2.45) is 5.73 Å². The average molecular weight is 376 g/mol. The number of pyridine rings is 3. The lowest BCUT2D eigenvalue weighted by Crippen LogP contribution is -2.16. The number of carbonyl (C=O) groups is 1. The Morgan fingerprint density at radius 3 is 2.71 bits per heavy atom. The van der Waals surface area contributed by atoms with Gasteiger partial charge in [0.1, 0.15) is 0 Å². The van der Waals surface area contributed by atoms with Crippen LogP contribution in [-0.2, 0) is 0 Å². The third-order valence-electron chi connectivity index (χ3n) is 4.06. The van der Waals surface area contributed by atoms with Gasteiger partial charge in [0.25, 0.3) is 0 Å². The molecule has 4 heterocycles. The van der Waals surface area contributed by atoms with E-state index in [1.165, 1.54) is 13.3 Å². The molecule has 0 aliphatic heterocycles. The Balaban J connectivity index is 1.87. The average Bonchev–Trinajstić information content (AvgIpc) is 3.11. The van der Waals surface area contributed by atoms with Crippen LogP contribution in [0.25, 0.3) is 33.7 Å². The summed E-state index contributed by atoms with van der Waals surface area (Å²) < 4.78 is 10.3. The molecule has 28 heavy (non-hydrogen) atoms. The van der Waals surface area contributed by atoms with Gasteiger partial charge in [-0.3, -0.25) is 15.1 Å². The minimum absolute atomic E-state index is 0.212. The van der Waals surface area contributed by atoms with E-state index in [4.69, 9.17) is 15.2 Å². The van der Waals surface area contributed by atoms with Crippen LogP contribution in [0.4, 0.5) is 4.79 Å². The standard InChI is InChI=1S/C19H16N6O3/c1-10-4-3-5-14(22-10)17-16(18(27-2)25-24-17)13-7-6-12-15(23-13)8-11(9-21-12)28-19(20)26/h3-9H,1-2H3,(H2,20,26)(H,24,25). The van der Waals surface area contributed by atoms with Crippen molar-refractivity contribution in [2.75, 3.05) is 7.11 Å². The number of aryl methyl sites for hydroxylation is 1. The number of primary amides is 1. The first-order valence-corrected chi connectivity index (χ1v) is 8.36. The lowest BCUT2D eigenvalue weighted by molar-refractivity contribution is 0.211. The molecule has 9 nitrogen and oxygen atoms in total. The fourth-order valence-electron chi connectivity index (χ4n) is 2.88. The first-order valence-electron chi connectivity index (χ1n) is 8.36. The van der Waals surface area contributed by atoms with Gasteiger partial charge in [-0.25, -0.2) is 9.78 Å². The van der Waals surface area contributed by atoms with E-state index in [-0.39, 0.29) is 5.75 Å². The largest absolute Gasteiger partial charge is 0.479 e. The SMILES string of the molecule is COc1n[nH]c(-c2cccc(C)n2)c1-c1ccc2ncc(OC(N)=O)cc2n1. The maximum atomic E-state index is 11.0. The molecule has 9 heteroatoms. The van der Waals surface area contributed by atoms with Crippen LogP contribution in [-0.4, -0.2) is 38.4 Å². The second-order valence-electron chi connectivity index (χ2n) is 5.97. The summed E-state index contributed by atoms with van der Waals surface area (Å²) in [5.74, 6) is 0.604. The van der Waals surface area contributed by atoms with Crippen LogP contribution in [0.3, 0.4) is 0 Å². The molecule has 0 aromatic carbocycles. The molecule has 0 aliphatic carbocycles. The number of methoxy groups -OCH3 is 1. The Morgan fingerprint density at radius 2 is 1.96 bits per heavy atom. The molecule has 0 radical (unpaired) electrons. The van der Waals surface area contributed by atoms with Crippen molar-refractivity contribution in [1.29, 1.82) is 0 Å².